The van der Waals surface area contributed by atoms with E-state index in [0.29, 0.717) is 0 Å². The monoisotopic (exact) mass is 692 g/mol. The zero-order valence-electron chi connectivity index (χ0n) is 33.2. The van der Waals surface area contributed by atoms with Gasteiger partial charge in [-0.05, 0) is 91.4 Å². The summed E-state index contributed by atoms with van der Waals surface area (Å²) in [4.78, 5) is 0. The lowest BCUT2D eigenvalue weighted by atomic mass is 9.85. The number of allylic oxidation sites excluding steroid dienone is 2. The van der Waals surface area contributed by atoms with Gasteiger partial charge in [0.1, 0.15) is 8.07 Å². The molecular weight excluding hydrogens is 629 g/mol. The van der Waals surface area contributed by atoms with Crippen LogP contribution in [0.1, 0.15) is 140 Å². The Bertz CT molecular complexity index is 1750. The Labute approximate surface area is 312 Å². The highest BCUT2D eigenvalue weighted by Crippen LogP contribution is 2.48. The van der Waals surface area contributed by atoms with Gasteiger partial charge in [-0.1, -0.05) is 214 Å². The van der Waals surface area contributed by atoms with Gasteiger partial charge in [-0.2, -0.15) is 0 Å². The second-order valence-corrected chi connectivity index (χ2v) is 22.3. The standard InChI is InChI=1S/C50H64Si/c1-9-11-13-15-29-51(30-16-14-12-10-2,43-33-39-23-19-27-45(47(39)35-43)37-21-17-25-41(31-37)49(3,4)5)44-34-40-24-20-28-46(48(40)36-44)38-22-18-26-42(32-38)50(6,7)8/h17-28,31-32,35-36H,9-16,29-30,33-34H2,1-8H3. The van der Waals surface area contributed by atoms with Crippen molar-refractivity contribution in [2.75, 3.05) is 0 Å². The molecule has 4 aromatic rings. The van der Waals surface area contributed by atoms with Crippen molar-refractivity contribution in [3.63, 3.8) is 0 Å². The Morgan fingerprint density at radius 1 is 0.490 bits per heavy atom. The average molecular weight is 693 g/mol. The van der Waals surface area contributed by atoms with E-state index < -0.39 is 8.07 Å². The lowest BCUT2D eigenvalue weighted by Gasteiger charge is -2.36. The van der Waals surface area contributed by atoms with Crippen LogP contribution in [0.3, 0.4) is 0 Å². The summed E-state index contributed by atoms with van der Waals surface area (Å²) in [6.45, 7) is 18.7. The summed E-state index contributed by atoms with van der Waals surface area (Å²) in [6.07, 6.45) is 18.4. The molecule has 51 heavy (non-hydrogen) atoms. The third-order valence-electron chi connectivity index (χ3n) is 12.0. The van der Waals surface area contributed by atoms with Gasteiger partial charge in [-0.3, -0.25) is 0 Å². The molecule has 2 aliphatic rings. The molecule has 0 saturated carbocycles. The van der Waals surface area contributed by atoms with Crippen LogP contribution < -0.4 is 0 Å². The van der Waals surface area contributed by atoms with E-state index in [1.807, 2.05) is 0 Å². The molecule has 268 valence electrons. The third kappa shape index (κ3) is 8.15. The second kappa shape index (κ2) is 15.7. The van der Waals surface area contributed by atoms with Crippen molar-refractivity contribution in [1.82, 2.24) is 0 Å². The van der Waals surface area contributed by atoms with E-state index >= 15 is 0 Å². The fraction of sp³-hybridized carbons (Fsp3) is 0.440. The van der Waals surface area contributed by atoms with Crippen LogP contribution in [0.2, 0.25) is 12.1 Å². The Hall–Kier alpha value is -3.42. The molecule has 1 heteroatoms. The molecule has 0 N–H and O–H groups in total. The summed E-state index contributed by atoms with van der Waals surface area (Å²) in [5.41, 5.74) is 14.7. The van der Waals surface area contributed by atoms with Gasteiger partial charge in [0.05, 0.1) is 0 Å². The summed E-state index contributed by atoms with van der Waals surface area (Å²) in [5.74, 6) is 0. The highest BCUT2D eigenvalue weighted by atomic mass is 28.3. The number of hydrogen-bond acceptors (Lipinski definition) is 0. The zero-order chi connectivity index (χ0) is 36.2. The molecule has 6 rings (SSSR count). The first-order valence-corrected chi connectivity index (χ1v) is 22.7. The van der Waals surface area contributed by atoms with Gasteiger partial charge < -0.3 is 0 Å². The topological polar surface area (TPSA) is 0 Å². The minimum atomic E-state index is -2.03. The van der Waals surface area contributed by atoms with Gasteiger partial charge in [0, 0.05) is 0 Å². The minimum Gasteiger partial charge on any atom is -0.0709 e. The number of hydrogen-bond donors (Lipinski definition) is 0. The van der Waals surface area contributed by atoms with Crippen molar-refractivity contribution in [2.24, 2.45) is 0 Å². The number of fused-ring (bicyclic) bond motifs is 2. The molecule has 0 amide bonds. The number of unbranched alkanes of at least 4 members (excludes halogenated alkanes) is 6. The molecule has 0 bridgehead atoms. The summed E-state index contributed by atoms with van der Waals surface area (Å²) < 4.78 is 0. The van der Waals surface area contributed by atoms with Gasteiger partial charge in [0.25, 0.3) is 0 Å². The Morgan fingerprint density at radius 3 is 1.29 bits per heavy atom. The molecule has 2 aliphatic carbocycles. The normalized spacial score (nSPS) is 14.4. The van der Waals surface area contributed by atoms with Gasteiger partial charge in [0.2, 0.25) is 0 Å². The molecular formula is C50H64Si. The molecule has 0 heterocycles. The first-order valence-electron chi connectivity index (χ1n) is 20.3. The van der Waals surface area contributed by atoms with E-state index in [1.165, 1.54) is 108 Å². The number of rotatable bonds is 14. The largest absolute Gasteiger partial charge is 0.109 e. The maximum absolute atomic E-state index is 2.73. The van der Waals surface area contributed by atoms with Crippen LogP contribution in [0.5, 0.6) is 0 Å². The molecule has 0 nitrogen and oxygen atoms in total. The van der Waals surface area contributed by atoms with Gasteiger partial charge in [-0.15, -0.1) is 0 Å². The summed E-state index contributed by atoms with van der Waals surface area (Å²) in [6, 6.07) is 35.8. The van der Waals surface area contributed by atoms with Crippen molar-refractivity contribution >= 4 is 20.2 Å². The van der Waals surface area contributed by atoms with Crippen LogP contribution in [-0.4, -0.2) is 8.07 Å². The molecule has 0 aliphatic heterocycles. The smallest absolute Gasteiger partial charge is 0.0709 e. The Balaban J connectivity index is 1.47. The van der Waals surface area contributed by atoms with Crippen LogP contribution in [0.4, 0.5) is 0 Å². The minimum absolute atomic E-state index is 0.130. The van der Waals surface area contributed by atoms with E-state index in [4.69, 9.17) is 0 Å². The summed E-state index contributed by atoms with van der Waals surface area (Å²) in [7, 11) is -2.03. The predicted octanol–water partition coefficient (Wildman–Crippen LogP) is 14.9. The van der Waals surface area contributed by atoms with E-state index in [0.717, 1.165) is 12.8 Å². The highest BCUT2D eigenvalue weighted by Gasteiger charge is 2.43. The van der Waals surface area contributed by atoms with Crippen molar-refractivity contribution in [3.8, 4) is 22.3 Å². The molecule has 0 atom stereocenters. The SMILES string of the molecule is CCCCCC[Si](CCCCCC)(C1=Cc2c(cccc2-c2cccc(C(C)(C)C)c2)C1)C1=Cc2c(cccc2-c2cccc(C(C)(C)C)c2)C1. The van der Waals surface area contributed by atoms with Gasteiger partial charge in [-0.25, -0.2) is 0 Å². The van der Waals surface area contributed by atoms with E-state index in [2.05, 4.69) is 152 Å². The number of benzene rings is 4. The Morgan fingerprint density at radius 2 is 0.902 bits per heavy atom. The maximum Gasteiger partial charge on any atom is 0.109 e. The Kier molecular flexibility index (Phi) is 11.5. The predicted molar refractivity (Wildman–Crippen MR) is 228 cm³/mol. The van der Waals surface area contributed by atoms with Crippen LogP contribution in [0.15, 0.2) is 95.3 Å². The van der Waals surface area contributed by atoms with Gasteiger partial charge >= 0.3 is 0 Å². The van der Waals surface area contributed by atoms with Crippen LogP contribution in [0.25, 0.3) is 34.4 Å². The molecule has 0 unspecified atom stereocenters. The van der Waals surface area contributed by atoms with Gasteiger partial charge in [0.15, 0.2) is 0 Å². The zero-order valence-corrected chi connectivity index (χ0v) is 34.2. The molecule has 0 fully saturated rings. The molecule has 0 saturated heterocycles. The fourth-order valence-electron chi connectivity index (χ4n) is 8.84. The van der Waals surface area contributed by atoms with Crippen LogP contribution >= 0.6 is 0 Å². The summed E-state index contributed by atoms with van der Waals surface area (Å²) >= 11 is 0. The van der Waals surface area contributed by atoms with Crippen molar-refractivity contribution < 1.29 is 0 Å². The highest BCUT2D eigenvalue weighted by molar-refractivity contribution is 6.94. The fourth-order valence-corrected chi connectivity index (χ4v) is 14.4. The van der Waals surface area contributed by atoms with E-state index in [9.17, 15) is 0 Å². The van der Waals surface area contributed by atoms with Crippen LogP contribution in [-0.2, 0) is 23.7 Å². The van der Waals surface area contributed by atoms with E-state index in [1.54, 1.807) is 21.5 Å². The lowest BCUT2D eigenvalue weighted by Crippen LogP contribution is -2.40. The lowest BCUT2D eigenvalue weighted by molar-refractivity contribution is 0.590. The van der Waals surface area contributed by atoms with E-state index in [-0.39, 0.29) is 10.8 Å². The molecule has 0 radical (unpaired) electrons. The quantitative estimate of drug-likeness (QED) is 0.0911. The first kappa shape index (κ1) is 37.3. The van der Waals surface area contributed by atoms with Crippen LogP contribution in [0, 0.1) is 0 Å². The molecule has 0 aromatic heterocycles. The summed E-state index contributed by atoms with van der Waals surface area (Å²) in [5, 5.41) is 3.61. The van der Waals surface area contributed by atoms with Crippen molar-refractivity contribution in [2.45, 2.75) is 143 Å². The average Bonchev–Trinajstić information content (AvgIpc) is 3.76. The molecule has 4 aromatic carbocycles. The first-order chi connectivity index (χ1) is 24.4. The second-order valence-electron chi connectivity index (χ2n) is 17.8. The molecule has 0 spiro atoms. The van der Waals surface area contributed by atoms with Crippen molar-refractivity contribution in [3.05, 3.63) is 129 Å². The third-order valence-corrected chi connectivity index (χ3v) is 17.5. The maximum atomic E-state index is 2.73. The van der Waals surface area contributed by atoms with Crippen molar-refractivity contribution in [1.29, 1.82) is 0 Å².